The zero-order valence-electron chi connectivity index (χ0n) is 15.0. The van der Waals surface area contributed by atoms with Crippen molar-refractivity contribution in [2.45, 2.75) is 64.0 Å². The molecule has 3 aliphatic rings. The normalized spacial score (nSPS) is 27.0. The second-order valence-corrected chi connectivity index (χ2v) is 7.42. The molecule has 1 N–H and O–H groups in total. The molecule has 1 amide bonds. The summed E-state index contributed by atoms with van der Waals surface area (Å²) in [6, 6.07) is 1.15. The van der Waals surface area contributed by atoms with E-state index >= 15 is 0 Å². The van der Waals surface area contributed by atoms with Gasteiger partial charge >= 0.3 is 0 Å². The SMILES string of the molecule is CC[C@H]1CN(C=N)CCN1C1CCN(C(=O)C2=CCCCC2)CC1. The van der Waals surface area contributed by atoms with Crippen LogP contribution in [0.4, 0.5) is 0 Å². The van der Waals surface area contributed by atoms with E-state index in [1.54, 1.807) is 0 Å². The van der Waals surface area contributed by atoms with Crippen LogP contribution in [-0.4, -0.2) is 71.8 Å². The number of allylic oxidation sites excluding steroid dienone is 1. The first-order valence-electron chi connectivity index (χ1n) is 9.71. The van der Waals surface area contributed by atoms with Crippen LogP contribution in [-0.2, 0) is 4.79 Å². The van der Waals surface area contributed by atoms with E-state index in [9.17, 15) is 4.79 Å². The number of hydrogen-bond donors (Lipinski definition) is 1. The lowest BCUT2D eigenvalue weighted by atomic mass is 9.95. The molecule has 0 radical (unpaired) electrons. The van der Waals surface area contributed by atoms with Gasteiger partial charge in [-0.2, -0.15) is 0 Å². The van der Waals surface area contributed by atoms with Crippen LogP contribution in [0.5, 0.6) is 0 Å². The molecule has 3 rings (SSSR count). The number of hydrogen-bond acceptors (Lipinski definition) is 3. The molecule has 2 heterocycles. The van der Waals surface area contributed by atoms with Crippen LogP contribution in [0.25, 0.3) is 0 Å². The second-order valence-electron chi connectivity index (χ2n) is 7.42. The van der Waals surface area contributed by atoms with E-state index < -0.39 is 0 Å². The summed E-state index contributed by atoms with van der Waals surface area (Å²) in [5, 5.41) is 7.48. The summed E-state index contributed by atoms with van der Waals surface area (Å²) in [5.74, 6) is 0.300. The zero-order valence-corrected chi connectivity index (χ0v) is 15.0. The average molecular weight is 332 g/mol. The summed E-state index contributed by atoms with van der Waals surface area (Å²) in [5.41, 5.74) is 1.06. The molecular formula is C19H32N4O. The van der Waals surface area contributed by atoms with Gasteiger partial charge in [-0.05, 0) is 44.9 Å². The van der Waals surface area contributed by atoms with Crippen molar-refractivity contribution in [3.8, 4) is 0 Å². The van der Waals surface area contributed by atoms with E-state index in [2.05, 4.69) is 27.7 Å². The molecule has 0 bridgehead atoms. The molecule has 0 aromatic carbocycles. The highest BCUT2D eigenvalue weighted by molar-refractivity contribution is 5.93. The van der Waals surface area contributed by atoms with Crippen LogP contribution in [0.2, 0.25) is 0 Å². The van der Waals surface area contributed by atoms with Gasteiger partial charge in [0.15, 0.2) is 0 Å². The Morgan fingerprint density at radius 3 is 2.67 bits per heavy atom. The van der Waals surface area contributed by atoms with Crippen LogP contribution < -0.4 is 0 Å². The van der Waals surface area contributed by atoms with E-state index in [0.29, 0.717) is 18.0 Å². The molecule has 0 aromatic rings. The third-order valence-electron chi connectivity index (χ3n) is 6.00. The lowest BCUT2D eigenvalue weighted by molar-refractivity contribution is -0.129. The number of amides is 1. The fourth-order valence-corrected chi connectivity index (χ4v) is 4.49. The van der Waals surface area contributed by atoms with Crippen molar-refractivity contribution in [1.29, 1.82) is 5.41 Å². The fraction of sp³-hybridized carbons (Fsp3) is 0.789. The maximum atomic E-state index is 12.7. The van der Waals surface area contributed by atoms with Crippen molar-refractivity contribution < 1.29 is 4.79 Å². The maximum absolute atomic E-state index is 12.7. The van der Waals surface area contributed by atoms with Gasteiger partial charge in [-0.25, -0.2) is 0 Å². The summed E-state index contributed by atoms with van der Waals surface area (Å²) >= 11 is 0. The van der Waals surface area contributed by atoms with Crippen molar-refractivity contribution in [2.24, 2.45) is 0 Å². The average Bonchev–Trinajstić information content (AvgIpc) is 2.67. The third-order valence-corrected chi connectivity index (χ3v) is 6.00. The summed E-state index contributed by atoms with van der Waals surface area (Å²) in [6.07, 6.45) is 11.4. The number of carbonyl (C=O) groups excluding carboxylic acids is 1. The maximum Gasteiger partial charge on any atom is 0.249 e. The van der Waals surface area contributed by atoms with Crippen LogP contribution in [0.15, 0.2) is 11.6 Å². The molecule has 5 heteroatoms. The van der Waals surface area contributed by atoms with Crippen LogP contribution in [0, 0.1) is 5.41 Å². The number of nitrogens with one attached hydrogen (secondary N) is 1. The van der Waals surface area contributed by atoms with Crippen molar-refractivity contribution in [2.75, 3.05) is 32.7 Å². The number of piperazine rings is 1. The fourth-order valence-electron chi connectivity index (χ4n) is 4.49. The highest BCUT2D eigenvalue weighted by Crippen LogP contribution is 2.25. The Labute approximate surface area is 146 Å². The first-order chi connectivity index (χ1) is 11.7. The Morgan fingerprint density at radius 2 is 2.04 bits per heavy atom. The molecule has 1 aliphatic carbocycles. The number of likely N-dealkylation sites (tertiary alicyclic amines) is 1. The largest absolute Gasteiger partial charge is 0.360 e. The van der Waals surface area contributed by atoms with Gasteiger partial charge in [0.1, 0.15) is 0 Å². The molecule has 0 spiro atoms. The van der Waals surface area contributed by atoms with Crippen LogP contribution in [0.1, 0.15) is 51.9 Å². The molecule has 2 aliphatic heterocycles. The molecule has 24 heavy (non-hydrogen) atoms. The Bertz CT molecular complexity index is 482. The lowest BCUT2D eigenvalue weighted by Crippen LogP contribution is -2.58. The number of carbonyl (C=O) groups is 1. The minimum atomic E-state index is 0.300. The molecular weight excluding hydrogens is 300 g/mol. The molecule has 2 fully saturated rings. The van der Waals surface area contributed by atoms with Crippen molar-refractivity contribution in [3.05, 3.63) is 11.6 Å². The van der Waals surface area contributed by atoms with E-state index in [1.807, 2.05) is 0 Å². The molecule has 0 aromatic heterocycles. The minimum absolute atomic E-state index is 0.300. The number of piperidine rings is 1. The van der Waals surface area contributed by atoms with Gasteiger partial charge in [-0.15, -0.1) is 0 Å². The summed E-state index contributed by atoms with van der Waals surface area (Å²) in [7, 11) is 0. The second kappa shape index (κ2) is 8.15. The van der Waals surface area contributed by atoms with Gasteiger partial charge in [0, 0.05) is 50.4 Å². The van der Waals surface area contributed by atoms with Gasteiger partial charge in [-0.1, -0.05) is 13.0 Å². The van der Waals surface area contributed by atoms with E-state index in [0.717, 1.165) is 70.4 Å². The topological polar surface area (TPSA) is 50.6 Å². The van der Waals surface area contributed by atoms with E-state index in [4.69, 9.17) is 5.41 Å². The monoisotopic (exact) mass is 332 g/mol. The Morgan fingerprint density at radius 1 is 1.25 bits per heavy atom. The van der Waals surface area contributed by atoms with Crippen LogP contribution in [0.3, 0.4) is 0 Å². The van der Waals surface area contributed by atoms with Gasteiger partial charge in [0.2, 0.25) is 5.91 Å². The third kappa shape index (κ3) is 3.82. The summed E-state index contributed by atoms with van der Waals surface area (Å²) in [4.78, 5) is 19.5. The first-order valence-corrected chi connectivity index (χ1v) is 9.71. The molecule has 0 saturated carbocycles. The van der Waals surface area contributed by atoms with Crippen molar-refractivity contribution >= 4 is 12.2 Å². The molecule has 1 atom stereocenters. The summed E-state index contributed by atoms with van der Waals surface area (Å²) in [6.45, 7) is 7.05. The Kier molecular flexibility index (Phi) is 5.93. The van der Waals surface area contributed by atoms with E-state index in [-0.39, 0.29) is 0 Å². The van der Waals surface area contributed by atoms with E-state index in [1.165, 1.54) is 19.2 Å². The van der Waals surface area contributed by atoms with Crippen molar-refractivity contribution in [1.82, 2.24) is 14.7 Å². The Balaban J connectivity index is 1.53. The standard InChI is InChI=1S/C19H32N4O/c1-2-17-14-21(15-20)12-13-23(17)18-8-10-22(11-9-18)19(24)16-6-4-3-5-7-16/h6,15,17-18,20H,2-5,7-14H2,1H3/t17-/m0/s1. The molecule has 0 unspecified atom stereocenters. The highest BCUT2D eigenvalue weighted by Gasteiger charge is 2.33. The lowest BCUT2D eigenvalue weighted by Gasteiger charge is -2.47. The van der Waals surface area contributed by atoms with Crippen LogP contribution >= 0.6 is 0 Å². The Hall–Kier alpha value is -1.36. The van der Waals surface area contributed by atoms with Crippen molar-refractivity contribution in [3.63, 3.8) is 0 Å². The number of nitrogens with zero attached hydrogens (tertiary/aromatic N) is 3. The first kappa shape index (κ1) is 17.5. The smallest absolute Gasteiger partial charge is 0.249 e. The molecule has 134 valence electrons. The van der Waals surface area contributed by atoms with Gasteiger partial charge < -0.3 is 9.80 Å². The summed E-state index contributed by atoms with van der Waals surface area (Å²) < 4.78 is 0. The molecule has 5 nitrogen and oxygen atoms in total. The van der Waals surface area contributed by atoms with Gasteiger partial charge in [0.05, 0.1) is 6.34 Å². The number of rotatable bonds is 4. The predicted molar refractivity (Wildman–Crippen MR) is 97.3 cm³/mol. The van der Waals surface area contributed by atoms with Gasteiger partial charge in [0.25, 0.3) is 0 Å². The minimum Gasteiger partial charge on any atom is -0.360 e. The quantitative estimate of drug-likeness (QED) is 0.636. The predicted octanol–water partition coefficient (Wildman–Crippen LogP) is 2.48. The highest BCUT2D eigenvalue weighted by atomic mass is 16.2. The molecule has 2 saturated heterocycles. The zero-order chi connectivity index (χ0) is 16.9. The van der Waals surface area contributed by atoms with Gasteiger partial charge in [-0.3, -0.25) is 15.1 Å².